The summed E-state index contributed by atoms with van der Waals surface area (Å²) in [6.07, 6.45) is 3.51. The summed E-state index contributed by atoms with van der Waals surface area (Å²) >= 11 is 5.88. The number of hydrogen-bond acceptors (Lipinski definition) is 2. The highest BCUT2D eigenvalue weighted by Crippen LogP contribution is 2.19. The van der Waals surface area contributed by atoms with Crippen LogP contribution in [-0.4, -0.2) is 14.8 Å². The third-order valence-corrected chi connectivity index (χ3v) is 2.63. The summed E-state index contributed by atoms with van der Waals surface area (Å²) in [5.41, 5.74) is 1.98. The van der Waals surface area contributed by atoms with Gasteiger partial charge in [0.05, 0.1) is 17.4 Å². The van der Waals surface area contributed by atoms with Crippen molar-refractivity contribution in [1.82, 2.24) is 14.8 Å². The molecule has 4 heteroatoms. The molecule has 2 aromatic heterocycles. The van der Waals surface area contributed by atoms with Gasteiger partial charge in [-0.2, -0.15) is 5.10 Å². The van der Waals surface area contributed by atoms with Gasteiger partial charge < -0.3 is 0 Å². The molecule has 3 aromatic rings. The van der Waals surface area contributed by atoms with Crippen LogP contribution in [0.25, 0.3) is 16.6 Å². The van der Waals surface area contributed by atoms with Gasteiger partial charge in [0, 0.05) is 17.6 Å². The predicted octanol–water partition coefficient (Wildman–Crippen LogP) is 3.07. The number of hydrogen-bond donors (Lipinski definition) is 0. The minimum atomic E-state index is 0.477. The first kappa shape index (κ1) is 9.36. The molecule has 1 aromatic carbocycles. The molecule has 0 unspecified atom stereocenters. The van der Waals surface area contributed by atoms with Crippen LogP contribution in [0, 0.1) is 0 Å². The Morgan fingerprint density at radius 3 is 2.69 bits per heavy atom. The van der Waals surface area contributed by atoms with E-state index in [2.05, 4.69) is 10.1 Å². The van der Waals surface area contributed by atoms with Crippen molar-refractivity contribution in [2.75, 3.05) is 0 Å². The Balaban J connectivity index is 2.29. The molecule has 0 bridgehead atoms. The van der Waals surface area contributed by atoms with Gasteiger partial charge in [0.15, 0.2) is 0 Å². The van der Waals surface area contributed by atoms with E-state index in [-0.39, 0.29) is 0 Å². The fourth-order valence-corrected chi connectivity index (χ4v) is 1.82. The smallest absolute Gasteiger partial charge is 0.131 e. The van der Waals surface area contributed by atoms with Crippen LogP contribution in [0.2, 0.25) is 5.15 Å². The highest BCUT2D eigenvalue weighted by molar-refractivity contribution is 6.30. The van der Waals surface area contributed by atoms with Crippen LogP contribution in [0.1, 0.15) is 0 Å². The zero-order valence-corrected chi connectivity index (χ0v) is 9.09. The monoisotopic (exact) mass is 229 g/mol. The van der Waals surface area contributed by atoms with Crippen molar-refractivity contribution in [3.05, 3.63) is 53.9 Å². The summed E-state index contributed by atoms with van der Waals surface area (Å²) in [6.45, 7) is 0. The minimum absolute atomic E-state index is 0.477. The Hall–Kier alpha value is -1.87. The van der Waals surface area contributed by atoms with Crippen molar-refractivity contribution < 1.29 is 0 Å². The van der Waals surface area contributed by atoms with Gasteiger partial charge in [0.2, 0.25) is 0 Å². The number of rotatable bonds is 1. The minimum Gasteiger partial charge on any atom is -0.244 e. The van der Waals surface area contributed by atoms with E-state index in [1.807, 2.05) is 41.1 Å². The van der Waals surface area contributed by atoms with Gasteiger partial charge >= 0.3 is 0 Å². The van der Waals surface area contributed by atoms with Crippen LogP contribution >= 0.6 is 11.6 Å². The zero-order valence-electron chi connectivity index (χ0n) is 8.34. The van der Waals surface area contributed by atoms with Crippen LogP contribution in [0.15, 0.2) is 48.8 Å². The number of para-hydroxylation sites is 1. The van der Waals surface area contributed by atoms with Crippen LogP contribution in [0.4, 0.5) is 0 Å². The molecule has 0 radical (unpaired) electrons. The molecule has 0 aliphatic carbocycles. The molecular weight excluding hydrogens is 222 g/mol. The van der Waals surface area contributed by atoms with Gasteiger partial charge in [0.25, 0.3) is 0 Å². The molecular formula is C12H8ClN3. The largest absolute Gasteiger partial charge is 0.244 e. The van der Waals surface area contributed by atoms with Crippen LogP contribution in [0.3, 0.4) is 0 Å². The SMILES string of the molecule is Clc1cc2c(cn1)cnn2-c1ccccc1. The third-order valence-electron chi connectivity index (χ3n) is 2.42. The van der Waals surface area contributed by atoms with Gasteiger partial charge in [-0.3, -0.25) is 0 Å². The topological polar surface area (TPSA) is 30.7 Å². The molecule has 0 atom stereocenters. The van der Waals surface area contributed by atoms with E-state index in [9.17, 15) is 0 Å². The second kappa shape index (κ2) is 3.61. The van der Waals surface area contributed by atoms with Gasteiger partial charge in [0.1, 0.15) is 5.15 Å². The first-order valence-corrected chi connectivity index (χ1v) is 5.27. The van der Waals surface area contributed by atoms with Crippen LogP contribution in [0.5, 0.6) is 0 Å². The first-order valence-electron chi connectivity index (χ1n) is 4.89. The number of halogens is 1. The Labute approximate surface area is 97.3 Å². The molecule has 0 aliphatic rings. The number of fused-ring (bicyclic) bond motifs is 1. The lowest BCUT2D eigenvalue weighted by molar-refractivity contribution is 0.910. The fourth-order valence-electron chi connectivity index (χ4n) is 1.67. The lowest BCUT2D eigenvalue weighted by Gasteiger charge is -2.02. The molecule has 0 saturated carbocycles. The van der Waals surface area contributed by atoms with Crippen molar-refractivity contribution in [1.29, 1.82) is 0 Å². The zero-order chi connectivity index (χ0) is 11.0. The summed E-state index contributed by atoms with van der Waals surface area (Å²) in [7, 11) is 0. The molecule has 2 heterocycles. The molecule has 78 valence electrons. The van der Waals surface area contributed by atoms with Crippen molar-refractivity contribution in [2.45, 2.75) is 0 Å². The number of nitrogens with zero attached hydrogens (tertiary/aromatic N) is 3. The first-order chi connectivity index (χ1) is 7.84. The lowest BCUT2D eigenvalue weighted by Crippen LogP contribution is -1.95. The molecule has 0 spiro atoms. The van der Waals surface area contributed by atoms with E-state index in [4.69, 9.17) is 11.6 Å². The summed E-state index contributed by atoms with van der Waals surface area (Å²) in [5, 5.41) is 5.78. The average molecular weight is 230 g/mol. The summed E-state index contributed by atoms with van der Waals surface area (Å²) in [4.78, 5) is 4.03. The van der Waals surface area contributed by atoms with Crippen molar-refractivity contribution in [2.24, 2.45) is 0 Å². The van der Waals surface area contributed by atoms with Crippen molar-refractivity contribution in [3.63, 3.8) is 0 Å². The summed E-state index contributed by atoms with van der Waals surface area (Å²) in [5.74, 6) is 0. The van der Waals surface area contributed by atoms with Crippen molar-refractivity contribution >= 4 is 22.5 Å². The average Bonchev–Trinajstić information content (AvgIpc) is 2.73. The van der Waals surface area contributed by atoms with E-state index in [1.54, 1.807) is 12.4 Å². The van der Waals surface area contributed by atoms with Crippen LogP contribution in [-0.2, 0) is 0 Å². The summed E-state index contributed by atoms with van der Waals surface area (Å²) in [6, 6.07) is 11.7. The molecule has 3 nitrogen and oxygen atoms in total. The Morgan fingerprint density at radius 1 is 1.06 bits per heavy atom. The van der Waals surface area contributed by atoms with E-state index in [0.29, 0.717) is 5.15 Å². The maximum absolute atomic E-state index is 5.88. The Kier molecular flexibility index (Phi) is 2.11. The second-order valence-corrected chi connectivity index (χ2v) is 3.85. The van der Waals surface area contributed by atoms with Crippen molar-refractivity contribution in [3.8, 4) is 5.69 Å². The summed E-state index contributed by atoms with van der Waals surface area (Å²) < 4.78 is 1.85. The second-order valence-electron chi connectivity index (χ2n) is 3.46. The number of pyridine rings is 1. The lowest BCUT2D eigenvalue weighted by atomic mass is 10.3. The standard InChI is InChI=1S/C12H8ClN3/c13-12-6-11-9(7-14-12)8-15-16(11)10-4-2-1-3-5-10/h1-8H. The highest BCUT2D eigenvalue weighted by atomic mass is 35.5. The number of benzene rings is 1. The van der Waals surface area contributed by atoms with Crippen LogP contribution < -0.4 is 0 Å². The van der Waals surface area contributed by atoms with E-state index in [1.165, 1.54) is 0 Å². The van der Waals surface area contributed by atoms with Gasteiger partial charge in [-0.25, -0.2) is 9.67 Å². The van der Waals surface area contributed by atoms with E-state index >= 15 is 0 Å². The predicted molar refractivity (Wildman–Crippen MR) is 63.9 cm³/mol. The Bertz CT molecular complexity index is 631. The van der Waals surface area contributed by atoms with Gasteiger partial charge in [-0.15, -0.1) is 0 Å². The molecule has 0 N–H and O–H groups in total. The molecule has 0 saturated heterocycles. The molecule has 16 heavy (non-hydrogen) atoms. The third kappa shape index (κ3) is 1.46. The molecule has 3 rings (SSSR count). The molecule has 0 aliphatic heterocycles. The molecule has 0 fully saturated rings. The van der Waals surface area contributed by atoms with E-state index in [0.717, 1.165) is 16.6 Å². The van der Waals surface area contributed by atoms with E-state index < -0.39 is 0 Å². The Morgan fingerprint density at radius 2 is 1.88 bits per heavy atom. The fraction of sp³-hybridized carbons (Fsp3) is 0. The maximum atomic E-state index is 5.88. The number of aromatic nitrogens is 3. The maximum Gasteiger partial charge on any atom is 0.131 e. The normalized spacial score (nSPS) is 10.8. The van der Waals surface area contributed by atoms with Gasteiger partial charge in [-0.05, 0) is 12.1 Å². The molecule has 0 amide bonds. The highest BCUT2D eigenvalue weighted by Gasteiger charge is 2.05. The van der Waals surface area contributed by atoms with Gasteiger partial charge in [-0.1, -0.05) is 29.8 Å². The quantitative estimate of drug-likeness (QED) is 0.601.